The number of hydrogen-bond donors (Lipinski definition) is 1. The fourth-order valence-electron chi connectivity index (χ4n) is 3.53. The van der Waals surface area contributed by atoms with Gasteiger partial charge in [0.05, 0.1) is 19.0 Å². The number of likely N-dealkylation sites (N-methyl/N-ethyl adjacent to an activating group) is 1. The molecule has 1 unspecified atom stereocenters. The lowest BCUT2D eigenvalue weighted by Gasteiger charge is -2.23. The molecule has 1 heterocycles. The molecular formula is C21H31N3O3. The van der Waals surface area contributed by atoms with Crippen molar-refractivity contribution < 1.29 is 14.4 Å². The molecule has 0 radical (unpaired) electrons. The summed E-state index contributed by atoms with van der Waals surface area (Å²) < 4.78 is 0. The summed E-state index contributed by atoms with van der Waals surface area (Å²) in [5, 5.41) is 2.95. The number of nitrogens with zero attached hydrogens (tertiary/aromatic N) is 2. The number of carbonyl (C=O) groups is 3. The van der Waals surface area contributed by atoms with Gasteiger partial charge in [0.2, 0.25) is 17.7 Å². The number of aryl methyl sites for hydroxylation is 3. The Labute approximate surface area is 161 Å². The minimum Gasteiger partial charge on any atom is -0.324 e. The predicted molar refractivity (Wildman–Crippen MR) is 106 cm³/mol. The Morgan fingerprint density at radius 3 is 2.37 bits per heavy atom. The van der Waals surface area contributed by atoms with Crippen LogP contribution in [0.2, 0.25) is 0 Å². The maximum Gasteiger partial charge on any atom is 0.247 e. The van der Waals surface area contributed by atoms with E-state index in [9.17, 15) is 14.4 Å². The van der Waals surface area contributed by atoms with Gasteiger partial charge in [0.25, 0.3) is 0 Å². The zero-order valence-electron chi connectivity index (χ0n) is 17.3. The van der Waals surface area contributed by atoms with Crippen molar-refractivity contribution in [3.8, 4) is 0 Å². The molecule has 1 N–H and O–H groups in total. The largest absolute Gasteiger partial charge is 0.324 e. The van der Waals surface area contributed by atoms with Crippen molar-refractivity contribution >= 4 is 23.4 Å². The maximum atomic E-state index is 12.6. The van der Waals surface area contributed by atoms with E-state index >= 15 is 0 Å². The molecule has 1 aromatic rings. The van der Waals surface area contributed by atoms with Crippen molar-refractivity contribution in [1.29, 1.82) is 0 Å². The van der Waals surface area contributed by atoms with Gasteiger partial charge in [0.15, 0.2) is 0 Å². The first kappa shape index (κ1) is 21.1. The van der Waals surface area contributed by atoms with Crippen molar-refractivity contribution in [1.82, 2.24) is 9.80 Å². The van der Waals surface area contributed by atoms with Crippen LogP contribution < -0.4 is 5.32 Å². The molecule has 6 nitrogen and oxygen atoms in total. The van der Waals surface area contributed by atoms with Crippen LogP contribution in [0.1, 0.15) is 43.4 Å². The SMILES string of the molecule is Cc1cc(C)c(NC(=O)CN(C)C2CC(=O)N(CCC(C)C)C2=O)c(C)c1. The van der Waals surface area contributed by atoms with Gasteiger partial charge >= 0.3 is 0 Å². The van der Waals surface area contributed by atoms with E-state index in [4.69, 9.17) is 0 Å². The van der Waals surface area contributed by atoms with Gasteiger partial charge in [-0.05, 0) is 51.3 Å². The van der Waals surface area contributed by atoms with E-state index in [1.807, 2.05) is 32.9 Å². The molecule has 1 aromatic carbocycles. The topological polar surface area (TPSA) is 69.7 Å². The Kier molecular flexibility index (Phi) is 6.76. The lowest BCUT2D eigenvalue weighted by molar-refractivity contribution is -0.139. The Bertz CT molecular complexity index is 719. The summed E-state index contributed by atoms with van der Waals surface area (Å²) >= 11 is 0. The second-order valence-electron chi connectivity index (χ2n) is 8.02. The number of likely N-dealkylation sites (tertiary alicyclic amines) is 1. The lowest BCUT2D eigenvalue weighted by atomic mass is 10.1. The van der Waals surface area contributed by atoms with Crippen LogP contribution >= 0.6 is 0 Å². The van der Waals surface area contributed by atoms with Crippen LogP contribution in [0.4, 0.5) is 5.69 Å². The summed E-state index contributed by atoms with van der Waals surface area (Å²) in [7, 11) is 1.72. The fraction of sp³-hybridized carbons (Fsp3) is 0.571. The molecule has 1 aliphatic rings. The Morgan fingerprint density at radius 1 is 1.22 bits per heavy atom. The highest BCUT2D eigenvalue weighted by molar-refractivity contribution is 6.05. The highest BCUT2D eigenvalue weighted by Crippen LogP contribution is 2.23. The Hall–Kier alpha value is -2.21. The average molecular weight is 373 g/mol. The number of hydrogen-bond acceptors (Lipinski definition) is 4. The van der Waals surface area contributed by atoms with Crippen LogP contribution in [0.15, 0.2) is 12.1 Å². The van der Waals surface area contributed by atoms with Crippen LogP contribution in [0, 0.1) is 26.7 Å². The van der Waals surface area contributed by atoms with E-state index < -0.39 is 6.04 Å². The fourth-order valence-corrected chi connectivity index (χ4v) is 3.53. The maximum absolute atomic E-state index is 12.6. The first-order valence-corrected chi connectivity index (χ1v) is 9.52. The minimum atomic E-state index is -0.560. The highest BCUT2D eigenvalue weighted by atomic mass is 16.2. The van der Waals surface area contributed by atoms with Crippen LogP contribution in [-0.4, -0.2) is 53.7 Å². The van der Waals surface area contributed by atoms with Gasteiger partial charge in [-0.25, -0.2) is 0 Å². The summed E-state index contributed by atoms with van der Waals surface area (Å²) in [5.74, 6) is -0.107. The first-order chi connectivity index (χ1) is 12.6. The predicted octanol–water partition coefficient (Wildman–Crippen LogP) is 2.66. The summed E-state index contributed by atoms with van der Waals surface area (Å²) in [4.78, 5) is 40.3. The number of imide groups is 1. The number of nitrogens with one attached hydrogen (secondary N) is 1. The van der Waals surface area contributed by atoms with Crippen molar-refractivity contribution in [2.75, 3.05) is 25.5 Å². The van der Waals surface area contributed by atoms with Gasteiger partial charge in [-0.1, -0.05) is 31.5 Å². The first-order valence-electron chi connectivity index (χ1n) is 9.52. The van der Waals surface area contributed by atoms with Gasteiger partial charge in [-0.3, -0.25) is 24.2 Å². The normalized spacial score (nSPS) is 17.3. The van der Waals surface area contributed by atoms with E-state index in [0.29, 0.717) is 12.5 Å². The van der Waals surface area contributed by atoms with Crippen molar-refractivity contribution in [3.63, 3.8) is 0 Å². The molecule has 27 heavy (non-hydrogen) atoms. The van der Waals surface area contributed by atoms with Crippen molar-refractivity contribution in [2.45, 2.75) is 53.5 Å². The average Bonchev–Trinajstić information content (AvgIpc) is 2.83. The quantitative estimate of drug-likeness (QED) is 0.746. The smallest absolute Gasteiger partial charge is 0.247 e. The zero-order chi connectivity index (χ0) is 20.3. The molecule has 0 aromatic heterocycles. The molecule has 0 spiro atoms. The number of carbonyl (C=O) groups excluding carboxylic acids is 3. The molecule has 1 atom stereocenters. The van der Waals surface area contributed by atoms with Crippen LogP contribution in [0.25, 0.3) is 0 Å². The molecule has 148 valence electrons. The highest BCUT2D eigenvalue weighted by Gasteiger charge is 2.40. The molecule has 2 rings (SSSR count). The third-order valence-electron chi connectivity index (χ3n) is 5.02. The standard InChI is InChI=1S/C21H31N3O3/c1-13(2)7-8-24-19(26)11-17(21(24)27)23(6)12-18(25)22-20-15(4)9-14(3)10-16(20)5/h9-10,13,17H,7-8,11-12H2,1-6H3,(H,22,25). The number of rotatable bonds is 7. The molecule has 0 aliphatic carbocycles. The van der Waals surface area contributed by atoms with E-state index in [1.54, 1.807) is 11.9 Å². The third kappa shape index (κ3) is 5.16. The molecule has 1 saturated heterocycles. The molecule has 1 fully saturated rings. The third-order valence-corrected chi connectivity index (χ3v) is 5.02. The van der Waals surface area contributed by atoms with Gasteiger partial charge < -0.3 is 5.32 Å². The lowest BCUT2D eigenvalue weighted by Crippen LogP contribution is -2.43. The molecule has 1 aliphatic heterocycles. The minimum absolute atomic E-state index is 0.0640. The van der Waals surface area contributed by atoms with Crippen molar-refractivity contribution in [2.24, 2.45) is 5.92 Å². The second-order valence-corrected chi connectivity index (χ2v) is 8.02. The number of benzene rings is 1. The number of anilines is 1. The summed E-state index contributed by atoms with van der Waals surface area (Å²) in [6, 6.07) is 3.49. The van der Waals surface area contributed by atoms with Gasteiger partial charge in [-0.2, -0.15) is 0 Å². The monoisotopic (exact) mass is 373 g/mol. The van der Waals surface area contributed by atoms with Crippen LogP contribution in [-0.2, 0) is 14.4 Å². The molecule has 0 bridgehead atoms. The van der Waals surface area contributed by atoms with Gasteiger partial charge in [0, 0.05) is 12.2 Å². The van der Waals surface area contributed by atoms with Gasteiger partial charge in [0.1, 0.15) is 0 Å². The zero-order valence-corrected chi connectivity index (χ0v) is 17.3. The molecule has 0 saturated carbocycles. The van der Waals surface area contributed by atoms with E-state index in [-0.39, 0.29) is 30.7 Å². The number of amides is 3. The molecule has 6 heteroatoms. The van der Waals surface area contributed by atoms with Crippen molar-refractivity contribution in [3.05, 3.63) is 28.8 Å². The van der Waals surface area contributed by atoms with Gasteiger partial charge in [-0.15, -0.1) is 0 Å². The van der Waals surface area contributed by atoms with E-state index in [1.165, 1.54) is 4.90 Å². The second kappa shape index (κ2) is 8.65. The summed E-state index contributed by atoms with van der Waals surface area (Å²) in [6.07, 6.45) is 0.934. The molecular weight excluding hydrogens is 342 g/mol. The van der Waals surface area contributed by atoms with Crippen LogP contribution in [0.3, 0.4) is 0 Å². The Balaban J connectivity index is 1.99. The van der Waals surface area contributed by atoms with E-state index in [0.717, 1.165) is 28.8 Å². The van der Waals surface area contributed by atoms with E-state index in [2.05, 4.69) is 19.2 Å². The summed E-state index contributed by atoms with van der Waals surface area (Å²) in [6.45, 7) is 10.6. The Morgan fingerprint density at radius 2 is 1.81 bits per heavy atom. The van der Waals surface area contributed by atoms with Crippen LogP contribution in [0.5, 0.6) is 0 Å². The molecule has 3 amide bonds. The summed E-state index contributed by atoms with van der Waals surface area (Å²) in [5.41, 5.74) is 3.98.